The molecule has 5 heteroatoms. The zero-order chi connectivity index (χ0) is 15.8. The van der Waals surface area contributed by atoms with E-state index < -0.39 is 0 Å². The first-order chi connectivity index (χ1) is 10.7. The van der Waals surface area contributed by atoms with E-state index in [0.29, 0.717) is 23.7 Å². The topological polar surface area (TPSA) is 50.8 Å². The Bertz CT molecular complexity index is 485. The molecule has 0 saturated carbocycles. The molecule has 1 aliphatic rings. The highest BCUT2D eigenvalue weighted by atomic mass is 16.5. The number of hydrogen-bond donors (Lipinski definition) is 1. The molecule has 1 aliphatic heterocycles. The van der Waals surface area contributed by atoms with Crippen LogP contribution in [0.15, 0.2) is 18.2 Å². The highest BCUT2D eigenvalue weighted by molar-refractivity contribution is 5.94. The SMILES string of the molecule is CCCCOc1ccc(C(=O)NN2CCCCC2)cc1OC. The fraction of sp³-hybridized carbons (Fsp3) is 0.588. The first-order valence-corrected chi connectivity index (χ1v) is 8.11. The number of unbranched alkanes of at least 4 members (excludes halogenated alkanes) is 1. The maximum atomic E-state index is 12.3. The van der Waals surface area contributed by atoms with Crippen molar-refractivity contribution in [3.63, 3.8) is 0 Å². The normalized spacial score (nSPS) is 15.4. The number of amides is 1. The Morgan fingerprint density at radius 1 is 1.23 bits per heavy atom. The van der Waals surface area contributed by atoms with Crippen molar-refractivity contribution in [2.75, 3.05) is 26.8 Å². The summed E-state index contributed by atoms with van der Waals surface area (Å²) < 4.78 is 11.0. The van der Waals surface area contributed by atoms with Crippen molar-refractivity contribution >= 4 is 5.91 Å². The van der Waals surface area contributed by atoms with E-state index in [1.165, 1.54) is 6.42 Å². The van der Waals surface area contributed by atoms with Crippen LogP contribution in [0.3, 0.4) is 0 Å². The molecule has 1 heterocycles. The molecule has 22 heavy (non-hydrogen) atoms. The standard InChI is InChI=1S/C17H26N2O3/c1-3-4-12-22-15-9-8-14(13-16(15)21-2)17(20)18-19-10-6-5-7-11-19/h8-9,13H,3-7,10-12H2,1-2H3,(H,18,20). The molecule has 1 N–H and O–H groups in total. The molecule has 2 rings (SSSR count). The fourth-order valence-electron chi connectivity index (χ4n) is 2.47. The molecular weight excluding hydrogens is 280 g/mol. The van der Waals surface area contributed by atoms with E-state index in [4.69, 9.17) is 9.47 Å². The maximum Gasteiger partial charge on any atom is 0.265 e. The number of nitrogens with one attached hydrogen (secondary N) is 1. The number of carbonyl (C=O) groups is 1. The molecule has 0 spiro atoms. The van der Waals surface area contributed by atoms with Crippen molar-refractivity contribution in [2.45, 2.75) is 39.0 Å². The van der Waals surface area contributed by atoms with Gasteiger partial charge in [0.1, 0.15) is 0 Å². The van der Waals surface area contributed by atoms with Gasteiger partial charge in [-0.15, -0.1) is 0 Å². The highest BCUT2D eigenvalue weighted by Gasteiger charge is 2.16. The summed E-state index contributed by atoms with van der Waals surface area (Å²) in [6, 6.07) is 5.32. The second kappa shape index (κ2) is 8.63. The van der Waals surface area contributed by atoms with Crippen LogP contribution in [-0.2, 0) is 0 Å². The molecule has 0 unspecified atom stereocenters. The van der Waals surface area contributed by atoms with E-state index in [0.717, 1.165) is 38.8 Å². The monoisotopic (exact) mass is 306 g/mol. The molecule has 1 aromatic rings. The largest absolute Gasteiger partial charge is 0.493 e. The zero-order valence-electron chi connectivity index (χ0n) is 13.6. The third-order valence-electron chi connectivity index (χ3n) is 3.80. The first kappa shape index (κ1) is 16.6. The van der Waals surface area contributed by atoms with Crippen LogP contribution in [-0.4, -0.2) is 37.7 Å². The quantitative estimate of drug-likeness (QED) is 0.787. The average molecular weight is 306 g/mol. The number of carbonyl (C=O) groups excluding carboxylic acids is 1. The second-order valence-electron chi connectivity index (χ2n) is 5.56. The lowest BCUT2D eigenvalue weighted by Gasteiger charge is -2.26. The number of piperidine rings is 1. The van der Waals surface area contributed by atoms with Gasteiger partial charge in [-0.2, -0.15) is 0 Å². The van der Waals surface area contributed by atoms with Crippen LogP contribution in [0.4, 0.5) is 0 Å². The zero-order valence-corrected chi connectivity index (χ0v) is 13.6. The minimum atomic E-state index is -0.0969. The predicted molar refractivity (Wildman–Crippen MR) is 86.3 cm³/mol. The molecule has 0 aliphatic carbocycles. The molecule has 122 valence electrons. The minimum absolute atomic E-state index is 0.0969. The number of rotatable bonds is 7. The van der Waals surface area contributed by atoms with Crippen molar-refractivity contribution in [3.05, 3.63) is 23.8 Å². The second-order valence-corrected chi connectivity index (χ2v) is 5.56. The Hall–Kier alpha value is -1.75. The molecule has 1 fully saturated rings. The number of hydrogen-bond acceptors (Lipinski definition) is 4. The van der Waals surface area contributed by atoms with Crippen LogP contribution in [0.1, 0.15) is 49.4 Å². The number of benzene rings is 1. The van der Waals surface area contributed by atoms with Crippen LogP contribution in [0.5, 0.6) is 11.5 Å². The molecule has 1 saturated heterocycles. The summed E-state index contributed by atoms with van der Waals surface area (Å²) in [6.07, 6.45) is 5.59. The molecule has 1 aromatic carbocycles. The van der Waals surface area contributed by atoms with Gasteiger partial charge in [-0.05, 0) is 37.5 Å². The molecule has 0 atom stereocenters. The Morgan fingerprint density at radius 2 is 2.00 bits per heavy atom. The minimum Gasteiger partial charge on any atom is -0.493 e. The Labute approximate surface area is 132 Å². The molecule has 0 aromatic heterocycles. The lowest BCUT2D eigenvalue weighted by atomic mass is 10.1. The smallest absolute Gasteiger partial charge is 0.265 e. The van der Waals surface area contributed by atoms with E-state index in [9.17, 15) is 4.79 Å². The molecule has 5 nitrogen and oxygen atoms in total. The molecule has 0 radical (unpaired) electrons. The Morgan fingerprint density at radius 3 is 2.68 bits per heavy atom. The van der Waals surface area contributed by atoms with E-state index in [1.807, 2.05) is 5.01 Å². The van der Waals surface area contributed by atoms with Gasteiger partial charge in [0.25, 0.3) is 5.91 Å². The summed E-state index contributed by atoms with van der Waals surface area (Å²) in [7, 11) is 1.59. The van der Waals surface area contributed by atoms with Crippen molar-refractivity contribution in [1.82, 2.24) is 10.4 Å². The van der Waals surface area contributed by atoms with E-state index in [2.05, 4.69) is 12.3 Å². The Kier molecular flexibility index (Phi) is 6.52. The van der Waals surface area contributed by atoms with Crippen molar-refractivity contribution < 1.29 is 14.3 Å². The summed E-state index contributed by atoms with van der Waals surface area (Å²) >= 11 is 0. The van der Waals surface area contributed by atoms with Crippen molar-refractivity contribution in [1.29, 1.82) is 0 Å². The van der Waals surface area contributed by atoms with E-state index >= 15 is 0 Å². The van der Waals surface area contributed by atoms with Crippen LogP contribution in [0.2, 0.25) is 0 Å². The maximum absolute atomic E-state index is 12.3. The van der Waals surface area contributed by atoms with Crippen LogP contribution >= 0.6 is 0 Å². The van der Waals surface area contributed by atoms with Crippen LogP contribution in [0, 0.1) is 0 Å². The van der Waals surface area contributed by atoms with Gasteiger partial charge in [0.15, 0.2) is 11.5 Å². The lowest BCUT2D eigenvalue weighted by Crippen LogP contribution is -2.45. The van der Waals surface area contributed by atoms with Gasteiger partial charge < -0.3 is 9.47 Å². The Balaban J connectivity index is 1.99. The van der Waals surface area contributed by atoms with Gasteiger partial charge in [-0.25, -0.2) is 5.01 Å². The summed E-state index contributed by atoms with van der Waals surface area (Å²) in [5.74, 6) is 1.19. The third-order valence-corrected chi connectivity index (χ3v) is 3.80. The number of nitrogens with zero attached hydrogens (tertiary/aromatic N) is 1. The molecule has 0 bridgehead atoms. The van der Waals surface area contributed by atoms with Crippen molar-refractivity contribution in [3.8, 4) is 11.5 Å². The highest BCUT2D eigenvalue weighted by Crippen LogP contribution is 2.28. The van der Waals surface area contributed by atoms with Gasteiger partial charge in [-0.3, -0.25) is 10.2 Å². The van der Waals surface area contributed by atoms with Crippen molar-refractivity contribution in [2.24, 2.45) is 0 Å². The van der Waals surface area contributed by atoms with Crippen LogP contribution < -0.4 is 14.9 Å². The predicted octanol–water partition coefficient (Wildman–Crippen LogP) is 3.00. The fourth-order valence-corrected chi connectivity index (χ4v) is 2.47. The number of hydrazine groups is 1. The van der Waals surface area contributed by atoms with Gasteiger partial charge in [0.2, 0.25) is 0 Å². The average Bonchev–Trinajstić information content (AvgIpc) is 2.56. The van der Waals surface area contributed by atoms with Gasteiger partial charge in [0.05, 0.1) is 13.7 Å². The molecule has 1 amide bonds. The van der Waals surface area contributed by atoms with Gasteiger partial charge in [-0.1, -0.05) is 19.8 Å². The van der Waals surface area contributed by atoms with Gasteiger partial charge >= 0.3 is 0 Å². The van der Waals surface area contributed by atoms with E-state index in [-0.39, 0.29) is 5.91 Å². The first-order valence-electron chi connectivity index (χ1n) is 8.11. The lowest BCUT2D eigenvalue weighted by molar-refractivity contribution is 0.0749. The summed E-state index contributed by atoms with van der Waals surface area (Å²) in [4.78, 5) is 12.3. The third kappa shape index (κ3) is 4.63. The number of ether oxygens (including phenoxy) is 2. The summed E-state index contributed by atoms with van der Waals surface area (Å²) in [5, 5.41) is 1.99. The van der Waals surface area contributed by atoms with Crippen LogP contribution in [0.25, 0.3) is 0 Å². The van der Waals surface area contributed by atoms with E-state index in [1.54, 1.807) is 25.3 Å². The number of methoxy groups -OCH3 is 1. The summed E-state index contributed by atoms with van der Waals surface area (Å²) in [5.41, 5.74) is 3.54. The summed E-state index contributed by atoms with van der Waals surface area (Å²) in [6.45, 7) is 4.61. The van der Waals surface area contributed by atoms with Gasteiger partial charge in [0, 0.05) is 18.7 Å². The molecular formula is C17H26N2O3.